The van der Waals surface area contributed by atoms with E-state index in [1.54, 1.807) is 19.1 Å². The molecule has 0 spiro atoms. The van der Waals surface area contributed by atoms with Crippen LogP contribution in [0.5, 0.6) is 0 Å². The van der Waals surface area contributed by atoms with Crippen LogP contribution < -0.4 is 5.90 Å². The molecule has 0 aliphatic heterocycles. The average Bonchev–Trinajstić information content (AvgIpc) is 2.01. The maximum Gasteiger partial charge on any atom is 0.314 e. The first-order valence-corrected chi connectivity index (χ1v) is 6.27. The second-order valence-corrected chi connectivity index (χ2v) is 5.61. The van der Waals surface area contributed by atoms with Gasteiger partial charge in [0.05, 0.1) is 0 Å². The summed E-state index contributed by atoms with van der Waals surface area (Å²) in [5.41, 5.74) is 1.64. The van der Waals surface area contributed by atoms with Crippen molar-refractivity contribution in [3.05, 3.63) is 26.8 Å². The van der Waals surface area contributed by atoms with E-state index in [4.69, 9.17) is 5.90 Å². The summed E-state index contributed by atoms with van der Waals surface area (Å²) in [7, 11) is -3.81. The third-order valence-corrected chi connectivity index (χ3v) is 4.26. The number of hydrogen-bond donors (Lipinski definition) is 1. The molecule has 0 aliphatic rings. The first-order valence-electron chi connectivity index (χ1n) is 3.78. The number of rotatable bonds is 2. The monoisotopic (exact) mass is 327 g/mol. The molecule has 0 bridgehead atoms. The SMILES string of the molecule is Cc1cc(C)c(S(=O)(=O)ON)c(I)c1. The summed E-state index contributed by atoms with van der Waals surface area (Å²) in [4.78, 5) is 0.145. The largest absolute Gasteiger partial charge is 0.314 e. The molecule has 0 saturated carbocycles. The van der Waals surface area contributed by atoms with Crippen LogP contribution in [0.25, 0.3) is 0 Å². The molecule has 0 radical (unpaired) electrons. The van der Waals surface area contributed by atoms with Gasteiger partial charge in [0.15, 0.2) is 0 Å². The van der Waals surface area contributed by atoms with Crippen molar-refractivity contribution in [1.82, 2.24) is 0 Å². The molecule has 4 nitrogen and oxygen atoms in total. The number of nitrogens with two attached hydrogens (primary N) is 1. The molecule has 0 aromatic heterocycles. The van der Waals surface area contributed by atoms with E-state index in [0.717, 1.165) is 5.56 Å². The van der Waals surface area contributed by atoms with Crippen molar-refractivity contribution in [2.45, 2.75) is 18.7 Å². The number of benzene rings is 1. The minimum atomic E-state index is -3.81. The first-order chi connectivity index (χ1) is 6.38. The minimum Gasteiger partial charge on any atom is -0.197 e. The van der Waals surface area contributed by atoms with E-state index in [0.29, 0.717) is 9.13 Å². The van der Waals surface area contributed by atoms with E-state index in [2.05, 4.69) is 4.28 Å². The van der Waals surface area contributed by atoms with E-state index < -0.39 is 10.1 Å². The molecule has 0 amide bonds. The van der Waals surface area contributed by atoms with E-state index in [1.807, 2.05) is 29.5 Å². The molecular formula is C8H10INO3S. The summed E-state index contributed by atoms with van der Waals surface area (Å²) < 4.78 is 27.4. The quantitative estimate of drug-likeness (QED) is 0.660. The summed E-state index contributed by atoms with van der Waals surface area (Å²) in [5.74, 6) is 4.72. The zero-order chi connectivity index (χ0) is 10.9. The normalized spacial score (nSPS) is 11.7. The Kier molecular flexibility index (Phi) is 3.51. The van der Waals surface area contributed by atoms with Crippen LogP contribution in [0.4, 0.5) is 0 Å². The Hall–Kier alpha value is -0.180. The zero-order valence-corrected chi connectivity index (χ0v) is 10.7. The van der Waals surface area contributed by atoms with Crippen LogP contribution in [0, 0.1) is 17.4 Å². The highest BCUT2D eigenvalue weighted by Gasteiger charge is 2.20. The molecular weight excluding hydrogens is 317 g/mol. The second-order valence-electron chi connectivity index (χ2n) is 2.94. The summed E-state index contributed by atoms with van der Waals surface area (Å²) in [5, 5.41) is 0. The molecule has 2 N–H and O–H groups in total. The van der Waals surface area contributed by atoms with Gasteiger partial charge in [-0.05, 0) is 53.6 Å². The van der Waals surface area contributed by atoms with Gasteiger partial charge < -0.3 is 0 Å². The Bertz CT molecular complexity index is 433. The Morgan fingerprint density at radius 2 is 1.93 bits per heavy atom. The number of hydrogen-bond acceptors (Lipinski definition) is 4. The lowest BCUT2D eigenvalue weighted by atomic mass is 10.2. The van der Waals surface area contributed by atoms with Gasteiger partial charge in [-0.25, -0.2) is 0 Å². The van der Waals surface area contributed by atoms with Crippen molar-refractivity contribution < 1.29 is 12.7 Å². The third-order valence-electron chi connectivity index (χ3n) is 1.75. The van der Waals surface area contributed by atoms with Crippen molar-refractivity contribution in [1.29, 1.82) is 0 Å². The van der Waals surface area contributed by atoms with Crippen LogP contribution in [-0.2, 0) is 14.4 Å². The molecule has 14 heavy (non-hydrogen) atoms. The van der Waals surface area contributed by atoms with Gasteiger partial charge in [-0.3, -0.25) is 0 Å². The Labute approximate surface area is 96.7 Å². The van der Waals surface area contributed by atoms with E-state index in [9.17, 15) is 8.42 Å². The van der Waals surface area contributed by atoms with E-state index in [-0.39, 0.29) is 4.90 Å². The van der Waals surface area contributed by atoms with E-state index >= 15 is 0 Å². The van der Waals surface area contributed by atoms with Gasteiger partial charge in [0.25, 0.3) is 0 Å². The fraction of sp³-hybridized carbons (Fsp3) is 0.250. The van der Waals surface area contributed by atoms with Crippen LogP contribution in [0.15, 0.2) is 17.0 Å². The van der Waals surface area contributed by atoms with Crippen molar-refractivity contribution in [2.24, 2.45) is 5.90 Å². The van der Waals surface area contributed by atoms with Gasteiger partial charge in [-0.2, -0.15) is 18.6 Å². The lowest BCUT2D eigenvalue weighted by Gasteiger charge is -2.08. The summed E-state index contributed by atoms with van der Waals surface area (Å²) in [6.45, 7) is 3.61. The molecule has 6 heteroatoms. The van der Waals surface area contributed by atoms with Gasteiger partial charge in [0.1, 0.15) is 4.90 Å². The Morgan fingerprint density at radius 1 is 1.36 bits per heavy atom. The van der Waals surface area contributed by atoms with Gasteiger partial charge in [-0.15, -0.1) is 0 Å². The predicted octanol–water partition coefficient (Wildman–Crippen LogP) is 1.49. The maximum atomic E-state index is 11.4. The fourth-order valence-electron chi connectivity index (χ4n) is 1.27. The van der Waals surface area contributed by atoms with Crippen LogP contribution >= 0.6 is 22.6 Å². The van der Waals surface area contributed by atoms with Crippen molar-refractivity contribution in [2.75, 3.05) is 0 Å². The lowest BCUT2D eigenvalue weighted by molar-refractivity contribution is 0.332. The van der Waals surface area contributed by atoms with Crippen molar-refractivity contribution in [3.8, 4) is 0 Å². The van der Waals surface area contributed by atoms with Gasteiger partial charge in [0.2, 0.25) is 0 Å². The van der Waals surface area contributed by atoms with Crippen LogP contribution in [0.3, 0.4) is 0 Å². The summed E-state index contributed by atoms with van der Waals surface area (Å²) >= 11 is 1.95. The second kappa shape index (κ2) is 4.13. The molecule has 0 atom stereocenters. The highest BCUT2D eigenvalue weighted by molar-refractivity contribution is 14.1. The zero-order valence-electron chi connectivity index (χ0n) is 7.74. The average molecular weight is 327 g/mol. The summed E-state index contributed by atoms with van der Waals surface area (Å²) in [6.07, 6.45) is 0. The molecule has 0 fully saturated rings. The molecule has 1 rings (SSSR count). The standard InChI is InChI=1S/C8H10INO3S/c1-5-3-6(2)8(7(9)4-5)14(11,12)13-10/h3-4H,10H2,1-2H3. The van der Waals surface area contributed by atoms with Crippen molar-refractivity contribution in [3.63, 3.8) is 0 Å². The Morgan fingerprint density at radius 3 is 2.36 bits per heavy atom. The maximum absolute atomic E-state index is 11.4. The smallest absolute Gasteiger partial charge is 0.197 e. The highest BCUT2D eigenvalue weighted by atomic mass is 127. The Balaban J connectivity index is 3.51. The topological polar surface area (TPSA) is 69.4 Å². The van der Waals surface area contributed by atoms with Gasteiger partial charge in [0, 0.05) is 3.57 Å². The highest BCUT2D eigenvalue weighted by Crippen LogP contribution is 2.24. The van der Waals surface area contributed by atoms with Crippen LogP contribution in [0.1, 0.15) is 11.1 Å². The molecule has 0 heterocycles. The van der Waals surface area contributed by atoms with Gasteiger partial charge in [-0.1, -0.05) is 6.07 Å². The lowest BCUT2D eigenvalue weighted by Crippen LogP contribution is -2.14. The molecule has 0 unspecified atom stereocenters. The van der Waals surface area contributed by atoms with Crippen LogP contribution in [-0.4, -0.2) is 8.42 Å². The first kappa shape index (κ1) is 11.9. The number of halogens is 1. The third kappa shape index (κ3) is 2.25. The molecule has 0 aliphatic carbocycles. The van der Waals surface area contributed by atoms with E-state index in [1.165, 1.54) is 0 Å². The molecule has 1 aromatic carbocycles. The predicted molar refractivity (Wildman–Crippen MR) is 61.1 cm³/mol. The molecule has 0 saturated heterocycles. The van der Waals surface area contributed by atoms with Crippen LogP contribution in [0.2, 0.25) is 0 Å². The fourth-order valence-corrected chi connectivity index (χ4v) is 3.84. The van der Waals surface area contributed by atoms with Gasteiger partial charge >= 0.3 is 10.1 Å². The van der Waals surface area contributed by atoms with Crippen molar-refractivity contribution >= 4 is 32.7 Å². The number of aryl methyl sites for hydroxylation is 2. The molecule has 78 valence electrons. The molecule has 1 aromatic rings. The minimum absolute atomic E-state index is 0.145. The summed E-state index contributed by atoms with van der Waals surface area (Å²) in [6, 6.07) is 3.54.